The van der Waals surface area contributed by atoms with Gasteiger partial charge in [-0.25, -0.2) is 0 Å². The van der Waals surface area contributed by atoms with Crippen molar-refractivity contribution in [1.29, 1.82) is 0 Å². The van der Waals surface area contributed by atoms with E-state index in [1.807, 2.05) is 0 Å². The summed E-state index contributed by atoms with van der Waals surface area (Å²) >= 11 is 11.7. The van der Waals surface area contributed by atoms with Crippen molar-refractivity contribution in [2.45, 2.75) is 19.4 Å². The Kier molecular flexibility index (Phi) is 6.25. The van der Waals surface area contributed by atoms with E-state index >= 15 is 0 Å². The molecule has 1 aromatic carbocycles. The smallest absolute Gasteiger partial charge is 0.308 e. The first-order valence-corrected chi connectivity index (χ1v) is 6.30. The molecule has 0 spiro atoms. The quantitative estimate of drug-likeness (QED) is 0.791. The molecule has 6 heteroatoms. The Morgan fingerprint density at radius 3 is 2.56 bits per heavy atom. The van der Waals surface area contributed by atoms with E-state index in [4.69, 9.17) is 27.9 Å². The van der Waals surface area contributed by atoms with Crippen molar-refractivity contribution in [3.8, 4) is 0 Å². The van der Waals surface area contributed by atoms with E-state index in [1.165, 1.54) is 0 Å². The van der Waals surface area contributed by atoms with Crippen molar-refractivity contribution in [3.05, 3.63) is 28.2 Å². The summed E-state index contributed by atoms with van der Waals surface area (Å²) in [5, 5.41) is 13.6. The van der Waals surface area contributed by atoms with Gasteiger partial charge in [-0.3, -0.25) is 4.79 Å². The van der Waals surface area contributed by atoms with Gasteiger partial charge in [0, 0.05) is 22.3 Å². The van der Waals surface area contributed by atoms with E-state index in [0.717, 1.165) is 0 Å². The normalized spacial score (nSPS) is 12.0. The summed E-state index contributed by atoms with van der Waals surface area (Å²) in [6.45, 7) is 2.24. The maximum absolute atomic E-state index is 11.1. The minimum absolute atomic E-state index is 0.0465. The highest BCUT2D eigenvalue weighted by atomic mass is 35.5. The number of hydrogen-bond donors (Lipinski definition) is 2. The molecule has 0 fully saturated rings. The van der Waals surface area contributed by atoms with Crippen LogP contribution in [0, 0.1) is 0 Å². The van der Waals surface area contributed by atoms with Gasteiger partial charge in [-0.2, -0.15) is 0 Å². The molecule has 1 aromatic rings. The van der Waals surface area contributed by atoms with Gasteiger partial charge in [0.2, 0.25) is 0 Å². The average molecular weight is 292 g/mol. The third-order valence-corrected chi connectivity index (χ3v) is 2.55. The Hall–Kier alpha value is -0.970. The molecular formula is C12H15Cl2NO3. The highest BCUT2D eigenvalue weighted by Gasteiger charge is 2.11. The van der Waals surface area contributed by atoms with Crippen LogP contribution in [-0.4, -0.2) is 30.3 Å². The molecule has 0 aromatic heterocycles. The second kappa shape index (κ2) is 7.46. The molecule has 0 saturated carbocycles. The number of aliphatic hydroxyl groups excluding tert-OH is 1. The van der Waals surface area contributed by atoms with Crippen LogP contribution in [0.25, 0.3) is 0 Å². The summed E-state index contributed by atoms with van der Waals surface area (Å²) in [6, 6.07) is 4.98. The third kappa shape index (κ3) is 5.58. The number of carbonyl (C=O) groups excluding carboxylic acids is 1. The van der Waals surface area contributed by atoms with Crippen molar-refractivity contribution >= 4 is 34.9 Å². The molecule has 4 nitrogen and oxygen atoms in total. The lowest BCUT2D eigenvalue weighted by molar-refractivity contribution is -0.145. The Labute approximate surface area is 116 Å². The fraction of sp³-hybridized carbons (Fsp3) is 0.417. The van der Waals surface area contributed by atoms with Crippen molar-refractivity contribution < 1.29 is 14.6 Å². The van der Waals surface area contributed by atoms with Gasteiger partial charge in [0.15, 0.2) is 0 Å². The van der Waals surface area contributed by atoms with Crippen LogP contribution in [0.5, 0.6) is 0 Å². The SMILES string of the molecule is CCOC(=O)CC(O)CNc1cc(Cl)cc(Cl)c1. The molecular weight excluding hydrogens is 277 g/mol. The van der Waals surface area contributed by atoms with Crippen molar-refractivity contribution in [2.24, 2.45) is 0 Å². The zero-order valence-corrected chi connectivity index (χ0v) is 11.5. The molecule has 0 saturated heterocycles. The Morgan fingerprint density at radius 1 is 1.39 bits per heavy atom. The molecule has 2 N–H and O–H groups in total. The molecule has 100 valence electrons. The van der Waals surface area contributed by atoms with E-state index in [9.17, 15) is 9.90 Å². The molecule has 0 aliphatic carbocycles. The third-order valence-electron chi connectivity index (χ3n) is 2.11. The van der Waals surface area contributed by atoms with Gasteiger partial charge < -0.3 is 15.2 Å². The van der Waals surface area contributed by atoms with Crippen LogP contribution in [0.4, 0.5) is 5.69 Å². The van der Waals surface area contributed by atoms with Gasteiger partial charge >= 0.3 is 5.97 Å². The van der Waals surface area contributed by atoms with E-state index in [0.29, 0.717) is 22.3 Å². The van der Waals surface area contributed by atoms with Gasteiger partial charge in [0.25, 0.3) is 0 Å². The van der Waals surface area contributed by atoms with Crippen LogP contribution in [0.2, 0.25) is 10.0 Å². The number of nitrogens with one attached hydrogen (secondary N) is 1. The maximum atomic E-state index is 11.1. The summed E-state index contributed by atoms with van der Waals surface area (Å²) < 4.78 is 4.73. The van der Waals surface area contributed by atoms with E-state index in [-0.39, 0.29) is 13.0 Å². The lowest BCUT2D eigenvalue weighted by atomic mass is 10.2. The van der Waals surface area contributed by atoms with Gasteiger partial charge in [-0.1, -0.05) is 23.2 Å². The molecule has 1 unspecified atom stereocenters. The number of hydrogen-bond acceptors (Lipinski definition) is 4. The summed E-state index contributed by atoms with van der Waals surface area (Å²) in [5.41, 5.74) is 0.690. The standard InChI is InChI=1S/C12H15Cl2NO3/c1-2-18-12(17)6-11(16)7-15-10-4-8(13)3-9(14)5-10/h3-5,11,15-16H,2,6-7H2,1H3. The van der Waals surface area contributed by atoms with Crippen LogP contribution in [0.3, 0.4) is 0 Å². The number of halogens is 2. The summed E-state index contributed by atoms with van der Waals surface area (Å²) in [7, 11) is 0. The highest BCUT2D eigenvalue weighted by Crippen LogP contribution is 2.22. The molecule has 1 rings (SSSR count). The minimum Gasteiger partial charge on any atom is -0.466 e. The second-order valence-corrected chi connectivity index (χ2v) is 4.57. The van der Waals surface area contributed by atoms with Crippen LogP contribution >= 0.6 is 23.2 Å². The van der Waals surface area contributed by atoms with Crippen molar-refractivity contribution in [1.82, 2.24) is 0 Å². The van der Waals surface area contributed by atoms with Crippen LogP contribution < -0.4 is 5.32 Å². The van der Waals surface area contributed by atoms with E-state index in [2.05, 4.69) is 5.32 Å². The molecule has 1 atom stereocenters. The fourth-order valence-corrected chi connectivity index (χ4v) is 1.90. The first kappa shape index (κ1) is 15.1. The number of anilines is 1. The Balaban J connectivity index is 2.42. The number of aliphatic hydroxyl groups is 1. The average Bonchev–Trinajstić information content (AvgIpc) is 2.25. The Bertz CT molecular complexity index is 392. The van der Waals surface area contributed by atoms with E-state index in [1.54, 1.807) is 25.1 Å². The van der Waals surface area contributed by atoms with Crippen LogP contribution in [0.15, 0.2) is 18.2 Å². The lowest BCUT2D eigenvalue weighted by Gasteiger charge is -2.12. The van der Waals surface area contributed by atoms with Gasteiger partial charge in [0.1, 0.15) is 0 Å². The van der Waals surface area contributed by atoms with Crippen LogP contribution in [0.1, 0.15) is 13.3 Å². The topological polar surface area (TPSA) is 58.6 Å². The molecule has 18 heavy (non-hydrogen) atoms. The summed E-state index contributed by atoms with van der Waals surface area (Å²) in [5.74, 6) is -0.420. The molecule has 0 aliphatic rings. The van der Waals surface area contributed by atoms with Gasteiger partial charge in [0.05, 0.1) is 19.1 Å². The number of rotatable bonds is 6. The molecule has 0 radical (unpaired) electrons. The second-order valence-electron chi connectivity index (χ2n) is 3.70. The monoisotopic (exact) mass is 291 g/mol. The minimum atomic E-state index is -0.818. The fourth-order valence-electron chi connectivity index (χ4n) is 1.38. The van der Waals surface area contributed by atoms with Crippen molar-refractivity contribution in [2.75, 3.05) is 18.5 Å². The predicted molar refractivity (Wildman–Crippen MR) is 72.2 cm³/mol. The van der Waals surface area contributed by atoms with E-state index < -0.39 is 12.1 Å². The number of esters is 1. The summed E-state index contributed by atoms with van der Waals surface area (Å²) in [6.07, 6.45) is -0.864. The Morgan fingerprint density at radius 2 is 2.00 bits per heavy atom. The number of benzene rings is 1. The van der Waals surface area contributed by atoms with Gasteiger partial charge in [-0.05, 0) is 25.1 Å². The first-order valence-electron chi connectivity index (χ1n) is 5.55. The predicted octanol–water partition coefficient (Wildman–Crippen LogP) is 2.72. The number of carbonyl (C=O) groups is 1. The van der Waals surface area contributed by atoms with Gasteiger partial charge in [-0.15, -0.1) is 0 Å². The molecule has 0 heterocycles. The molecule has 0 bridgehead atoms. The first-order chi connectivity index (χ1) is 8.51. The number of ether oxygens (including phenoxy) is 1. The largest absolute Gasteiger partial charge is 0.466 e. The zero-order valence-electron chi connectivity index (χ0n) is 9.95. The highest BCUT2D eigenvalue weighted by molar-refractivity contribution is 6.35. The molecule has 0 aliphatic heterocycles. The lowest BCUT2D eigenvalue weighted by Crippen LogP contribution is -2.23. The maximum Gasteiger partial charge on any atom is 0.308 e. The van der Waals surface area contributed by atoms with Crippen molar-refractivity contribution in [3.63, 3.8) is 0 Å². The zero-order chi connectivity index (χ0) is 13.5. The molecule has 0 amide bonds. The summed E-state index contributed by atoms with van der Waals surface area (Å²) in [4.78, 5) is 11.1. The van der Waals surface area contributed by atoms with Crippen LogP contribution in [-0.2, 0) is 9.53 Å².